The van der Waals surface area contributed by atoms with Crippen LogP contribution in [0.3, 0.4) is 0 Å². The lowest BCUT2D eigenvalue weighted by Gasteiger charge is -2.16. The third-order valence-corrected chi connectivity index (χ3v) is 3.10. The lowest BCUT2D eigenvalue weighted by Crippen LogP contribution is -2.14. The Morgan fingerprint density at radius 2 is 2.27 bits per heavy atom. The molecule has 0 amide bonds. The topological polar surface area (TPSA) is 50.9 Å². The highest BCUT2D eigenvalue weighted by atomic mass is 14.9. The van der Waals surface area contributed by atoms with Crippen LogP contribution in [0.15, 0.2) is 12.3 Å². The summed E-state index contributed by atoms with van der Waals surface area (Å²) in [5.41, 5.74) is 8.39. The third-order valence-electron chi connectivity index (χ3n) is 3.10. The van der Waals surface area contributed by atoms with Crippen LogP contribution >= 0.6 is 0 Å². The summed E-state index contributed by atoms with van der Waals surface area (Å²) in [5, 5.41) is 3.42. The molecular weight excluding hydrogens is 186 g/mol. The summed E-state index contributed by atoms with van der Waals surface area (Å²) < 4.78 is 0. The number of anilines is 1. The first-order valence-corrected chi connectivity index (χ1v) is 5.70. The number of hydrogen-bond acceptors (Lipinski definition) is 3. The molecule has 2 rings (SSSR count). The van der Waals surface area contributed by atoms with Crippen molar-refractivity contribution < 1.29 is 0 Å². The maximum atomic E-state index is 5.94. The minimum Gasteiger partial charge on any atom is -0.383 e. The molecular formula is C12H19N3. The predicted molar refractivity (Wildman–Crippen MR) is 62.8 cm³/mol. The number of hydrogen-bond donors (Lipinski definition) is 2. The molecule has 0 aliphatic carbocycles. The van der Waals surface area contributed by atoms with Gasteiger partial charge in [0.25, 0.3) is 0 Å². The van der Waals surface area contributed by atoms with E-state index in [-0.39, 0.29) is 0 Å². The summed E-state index contributed by atoms with van der Waals surface area (Å²) in [4.78, 5) is 4.24. The van der Waals surface area contributed by atoms with Gasteiger partial charge in [-0.15, -0.1) is 0 Å². The Morgan fingerprint density at radius 3 is 3.13 bits per heavy atom. The first-order chi connectivity index (χ1) is 7.27. The lowest BCUT2D eigenvalue weighted by molar-refractivity contribution is 0.609. The molecule has 3 heteroatoms. The van der Waals surface area contributed by atoms with Gasteiger partial charge in [0.1, 0.15) is 5.82 Å². The van der Waals surface area contributed by atoms with Crippen LogP contribution in [-0.4, -0.2) is 18.1 Å². The zero-order valence-corrected chi connectivity index (χ0v) is 9.29. The number of nitrogen functional groups attached to an aromatic ring is 1. The molecule has 1 atom stereocenters. The largest absolute Gasteiger partial charge is 0.383 e. The van der Waals surface area contributed by atoms with Gasteiger partial charge >= 0.3 is 0 Å². The molecule has 1 aliphatic rings. The molecule has 1 saturated heterocycles. The van der Waals surface area contributed by atoms with E-state index in [4.69, 9.17) is 5.73 Å². The van der Waals surface area contributed by atoms with Crippen LogP contribution in [0.1, 0.15) is 36.3 Å². The number of pyridine rings is 1. The number of aromatic nitrogens is 1. The minimum atomic E-state index is 0.590. The maximum Gasteiger partial charge on any atom is 0.126 e. The van der Waals surface area contributed by atoms with E-state index in [2.05, 4.69) is 23.3 Å². The normalized spacial score (nSPS) is 22.3. The Morgan fingerprint density at radius 1 is 1.40 bits per heavy atom. The molecule has 1 aliphatic heterocycles. The molecule has 0 radical (unpaired) electrons. The van der Waals surface area contributed by atoms with Crippen molar-refractivity contribution in [3.63, 3.8) is 0 Å². The Kier molecular flexibility index (Phi) is 3.21. The second-order valence-corrected chi connectivity index (χ2v) is 4.36. The number of nitrogens with two attached hydrogens (primary N) is 1. The summed E-state index contributed by atoms with van der Waals surface area (Å²) >= 11 is 0. The first-order valence-electron chi connectivity index (χ1n) is 5.70. The highest BCUT2D eigenvalue weighted by molar-refractivity contribution is 5.43. The van der Waals surface area contributed by atoms with Gasteiger partial charge in [0.15, 0.2) is 0 Å². The van der Waals surface area contributed by atoms with E-state index in [1.807, 2.05) is 6.20 Å². The zero-order chi connectivity index (χ0) is 10.7. The van der Waals surface area contributed by atoms with Crippen molar-refractivity contribution >= 4 is 5.82 Å². The molecule has 3 N–H and O–H groups in total. The first kappa shape index (κ1) is 10.4. The van der Waals surface area contributed by atoms with Gasteiger partial charge < -0.3 is 11.1 Å². The van der Waals surface area contributed by atoms with Crippen molar-refractivity contribution in [1.82, 2.24) is 10.3 Å². The average molecular weight is 205 g/mol. The van der Waals surface area contributed by atoms with Crippen molar-refractivity contribution in [1.29, 1.82) is 0 Å². The Balaban J connectivity index is 2.22. The van der Waals surface area contributed by atoms with Gasteiger partial charge in [-0.05, 0) is 56.3 Å². The molecule has 1 aromatic heterocycles. The fourth-order valence-corrected chi connectivity index (χ4v) is 2.26. The average Bonchev–Trinajstić information content (AvgIpc) is 2.50. The molecule has 0 aromatic carbocycles. The second kappa shape index (κ2) is 4.62. The predicted octanol–water partition coefficient (Wildman–Crippen LogP) is 1.83. The van der Waals surface area contributed by atoms with Crippen LogP contribution in [0.2, 0.25) is 0 Å². The van der Waals surface area contributed by atoms with Gasteiger partial charge in [-0.2, -0.15) is 0 Å². The Bertz CT molecular complexity index is 328. The van der Waals surface area contributed by atoms with Crippen molar-refractivity contribution in [3.05, 3.63) is 23.4 Å². The SMILES string of the molecule is Cc1cnc(N)c(C2CCCNCC2)c1. The summed E-state index contributed by atoms with van der Waals surface area (Å²) in [6.07, 6.45) is 5.48. The van der Waals surface area contributed by atoms with Gasteiger partial charge in [0.2, 0.25) is 0 Å². The molecule has 0 spiro atoms. The lowest BCUT2D eigenvalue weighted by atomic mass is 9.92. The van der Waals surface area contributed by atoms with Crippen molar-refractivity contribution in [2.75, 3.05) is 18.8 Å². The summed E-state index contributed by atoms with van der Waals surface area (Å²) in [5.74, 6) is 1.31. The fraction of sp³-hybridized carbons (Fsp3) is 0.583. The van der Waals surface area contributed by atoms with Crippen LogP contribution in [0.5, 0.6) is 0 Å². The number of rotatable bonds is 1. The quantitative estimate of drug-likeness (QED) is 0.735. The zero-order valence-electron chi connectivity index (χ0n) is 9.29. The number of aryl methyl sites for hydroxylation is 1. The van der Waals surface area contributed by atoms with E-state index in [1.165, 1.54) is 30.4 Å². The van der Waals surface area contributed by atoms with Gasteiger partial charge in [-0.1, -0.05) is 6.07 Å². The molecule has 0 saturated carbocycles. The fourth-order valence-electron chi connectivity index (χ4n) is 2.26. The number of nitrogens with one attached hydrogen (secondary N) is 1. The van der Waals surface area contributed by atoms with Crippen LogP contribution in [0, 0.1) is 6.92 Å². The van der Waals surface area contributed by atoms with E-state index < -0.39 is 0 Å². The van der Waals surface area contributed by atoms with Crippen LogP contribution < -0.4 is 11.1 Å². The van der Waals surface area contributed by atoms with E-state index in [1.54, 1.807) is 0 Å². The monoisotopic (exact) mass is 205 g/mol. The van der Waals surface area contributed by atoms with Gasteiger partial charge in [-0.25, -0.2) is 4.98 Å². The molecule has 82 valence electrons. The number of nitrogens with zero attached hydrogens (tertiary/aromatic N) is 1. The Hall–Kier alpha value is -1.09. The summed E-state index contributed by atoms with van der Waals surface area (Å²) in [7, 11) is 0. The van der Waals surface area contributed by atoms with Crippen molar-refractivity contribution in [2.45, 2.75) is 32.1 Å². The highest BCUT2D eigenvalue weighted by Crippen LogP contribution is 2.29. The van der Waals surface area contributed by atoms with Crippen LogP contribution in [-0.2, 0) is 0 Å². The van der Waals surface area contributed by atoms with Crippen LogP contribution in [0.4, 0.5) is 5.82 Å². The molecule has 0 bridgehead atoms. The van der Waals surface area contributed by atoms with Crippen molar-refractivity contribution in [2.24, 2.45) is 0 Å². The van der Waals surface area contributed by atoms with Crippen LogP contribution in [0.25, 0.3) is 0 Å². The smallest absolute Gasteiger partial charge is 0.126 e. The van der Waals surface area contributed by atoms with Crippen molar-refractivity contribution in [3.8, 4) is 0 Å². The standard InChI is InChI=1S/C12H19N3/c1-9-7-11(12(13)15-8-9)10-3-2-5-14-6-4-10/h7-8,10,14H,2-6H2,1H3,(H2,13,15). The molecule has 1 aromatic rings. The van der Waals surface area contributed by atoms with E-state index in [9.17, 15) is 0 Å². The molecule has 2 heterocycles. The molecule has 15 heavy (non-hydrogen) atoms. The van der Waals surface area contributed by atoms with Gasteiger partial charge in [-0.3, -0.25) is 0 Å². The summed E-state index contributed by atoms with van der Waals surface area (Å²) in [6.45, 7) is 4.30. The molecule has 1 unspecified atom stereocenters. The van der Waals surface area contributed by atoms with Gasteiger partial charge in [0, 0.05) is 6.20 Å². The third kappa shape index (κ3) is 2.48. The van der Waals surface area contributed by atoms with E-state index in [0.717, 1.165) is 13.1 Å². The minimum absolute atomic E-state index is 0.590. The summed E-state index contributed by atoms with van der Waals surface area (Å²) in [6, 6.07) is 2.19. The molecule has 1 fully saturated rings. The maximum absolute atomic E-state index is 5.94. The van der Waals surface area contributed by atoms with E-state index >= 15 is 0 Å². The van der Waals surface area contributed by atoms with E-state index in [0.29, 0.717) is 11.7 Å². The van der Waals surface area contributed by atoms with Gasteiger partial charge in [0.05, 0.1) is 0 Å². The molecule has 3 nitrogen and oxygen atoms in total. The highest BCUT2D eigenvalue weighted by Gasteiger charge is 2.16. The second-order valence-electron chi connectivity index (χ2n) is 4.36. The Labute approximate surface area is 91.1 Å².